The summed E-state index contributed by atoms with van der Waals surface area (Å²) in [4.78, 5) is 0. The molecule has 1 aromatic rings. The molecule has 0 aliphatic heterocycles. The fourth-order valence-corrected chi connectivity index (χ4v) is 2.69. The highest BCUT2D eigenvalue weighted by atomic mass is 79.9. The largest absolute Gasteiger partial charge is 0.324 e. The Hall–Kier alpha value is -0.340. The van der Waals surface area contributed by atoms with E-state index in [4.69, 9.17) is 5.73 Å². The van der Waals surface area contributed by atoms with Gasteiger partial charge in [0.05, 0.1) is 0 Å². The highest BCUT2D eigenvalue weighted by Crippen LogP contribution is 2.29. The Morgan fingerprint density at radius 1 is 1.38 bits per heavy atom. The summed E-state index contributed by atoms with van der Waals surface area (Å²) in [6, 6.07) is 6.46. The van der Waals surface area contributed by atoms with Crippen LogP contribution >= 0.6 is 15.9 Å². The molecule has 0 saturated carbocycles. The van der Waals surface area contributed by atoms with E-state index in [-0.39, 0.29) is 6.04 Å². The normalized spacial score (nSPS) is 14.8. The van der Waals surface area contributed by atoms with Crippen LogP contribution < -0.4 is 5.73 Å². The monoisotopic (exact) mass is 283 g/mol. The average molecular weight is 284 g/mol. The van der Waals surface area contributed by atoms with E-state index in [0.29, 0.717) is 5.92 Å². The Kier molecular flexibility index (Phi) is 5.50. The van der Waals surface area contributed by atoms with Crippen LogP contribution in [0.4, 0.5) is 0 Å². The van der Waals surface area contributed by atoms with Gasteiger partial charge in [0.2, 0.25) is 0 Å². The summed E-state index contributed by atoms with van der Waals surface area (Å²) in [6.45, 7) is 6.62. The van der Waals surface area contributed by atoms with Crippen LogP contribution in [0.25, 0.3) is 0 Å². The standard InChI is InChI=1S/C14H22BrN/c1-4-6-10(2)9-13(16)12-8-5-7-11(3)14(12)15/h5,7-8,10,13H,4,6,9,16H2,1-3H3. The number of benzene rings is 1. The van der Waals surface area contributed by atoms with Crippen LogP contribution in [0.3, 0.4) is 0 Å². The molecule has 1 aromatic carbocycles. The zero-order valence-electron chi connectivity index (χ0n) is 10.5. The van der Waals surface area contributed by atoms with E-state index in [0.717, 1.165) is 6.42 Å². The molecule has 0 aliphatic carbocycles. The average Bonchev–Trinajstić information content (AvgIpc) is 2.22. The summed E-state index contributed by atoms with van der Waals surface area (Å²) in [6.07, 6.45) is 3.57. The van der Waals surface area contributed by atoms with Crippen molar-refractivity contribution in [2.75, 3.05) is 0 Å². The van der Waals surface area contributed by atoms with Crippen molar-refractivity contribution in [3.05, 3.63) is 33.8 Å². The number of rotatable bonds is 5. The number of halogens is 1. The van der Waals surface area contributed by atoms with Gasteiger partial charge >= 0.3 is 0 Å². The van der Waals surface area contributed by atoms with E-state index < -0.39 is 0 Å². The maximum Gasteiger partial charge on any atom is 0.0308 e. The van der Waals surface area contributed by atoms with Crippen molar-refractivity contribution >= 4 is 15.9 Å². The molecular formula is C14H22BrN. The predicted molar refractivity (Wildman–Crippen MR) is 74.5 cm³/mol. The molecule has 0 saturated heterocycles. The van der Waals surface area contributed by atoms with Gasteiger partial charge in [0.15, 0.2) is 0 Å². The van der Waals surface area contributed by atoms with Gasteiger partial charge in [0.25, 0.3) is 0 Å². The highest BCUT2D eigenvalue weighted by molar-refractivity contribution is 9.10. The van der Waals surface area contributed by atoms with Crippen LogP contribution in [0.5, 0.6) is 0 Å². The third kappa shape index (κ3) is 3.60. The molecule has 0 heterocycles. The molecule has 1 rings (SSSR count). The minimum absolute atomic E-state index is 0.149. The Labute approximate surface area is 108 Å². The van der Waals surface area contributed by atoms with Gasteiger partial charge in [0.1, 0.15) is 0 Å². The minimum atomic E-state index is 0.149. The summed E-state index contributed by atoms with van der Waals surface area (Å²) in [5.74, 6) is 0.701. The Morgan fingerprint density at radius 2 is 2.06 bits per heavy atom. The molecule has 0 spiro atoms. The molecule has 1 nitrogen and oxygen atoms in total. The maximum atomic E-state index is 6.27. The molecular weight excluding hydrogens is 262 g/mol. The second-order valence-electron chi connectivity index (χ2n) is 4.71. The van der Waals surface area contributed by atoms with Gasteiger partial charge in [-0.1, -0.05) is 60.8 Å². The molecule has 2 heteroatoms. The molecule has 0 bridgehead atoms. The number of hydrogen-bond acceptors (Lipinski definition) is 1. The molecule has 16 heavy (non-hydrogen) atoms. The fraction of sp³-hybridized carbons (Fsp3) is 0.571. The van der Waals surface area contributed by atoms with Crippen LogP contribution in [-0.2, 0) is 0 Å². The molecule has 0 amide bonds. The van der Waals surface area contributed by atoms with Crippen molar-refractivity contribution in [3.8, 4) is 0 Å². The SMILES string of the molecule is CCCC(C)CC(N)c1cccc(C)c1Br. The van der Waals surface area contributed by atoms with Crippen molar-refractivity contribution in [2.45, 2.75) is 46.1 Å². The van der Waals surface area contributed by atoms with Crippen LogP contribution in [0.2, 0.25) is 0 Å². The van der Waals surface area contributed by atoms with Crippen LogP contribution in [-0.4, -0.2) is 0 Å². The van der Waals surface area contributed by atoms with Crippen molar-refractivity contribution in [1.29, 1.82) is 0 Å². The lowest BCUT2D eigenvalue weighted by atomic mass is 9.93. The fourth-order valence-electron chi connectivity index (χ4n) is 2.13. The van der Waals surface area contributed by atoms with Crippen LogP contribution in [0.15, 0.2) is 22.7 Å². The second-order valence-corrected chi connectivity index (χ2v) is 5.51. The summed E-state index contributed by atoms with van der Waals surface area (Å²) in [7, 11) is 0. The lowest BCUT2D eigenvalue weighted by Crippen LogP contribution is -2.15. The van der Waals surface area contributed by atoms with E-state index in [2.05, 4.69) is 54.9 Å². The van der Waals surface area contributed by atoms with Crippen molar-refractivity contribution < 1.29 is 0 Å². The molecule has 2 atom stereocenters. The first-order chi connectivity index (χ1) is 7.56. The van der Waals surface area contributed by atoms with E-state index in [1.807, 2.05) is 0 Å². The first-order valence-corrected chi connectivity index (χ1v) is 6.86. The van der Waals surface area contributed by atoms with Gasteiger partial charge < -0.3 is 5.73 Å². The smallest absolute Gasteiger partial charge is 0.0308 e. The first kappa shape index (κ1) is 13.7. The molecule has 2 N–H and O–H groups in total. The van der Waals surface area contributed by atoms with Gasteiger partial charge in [0, 0.05) is 10.5 Å². The lowest BCUT2D eigenvalue weighted by molar-refractivity contribution is 0.439. The van der Waals surface area contributed by atoms with E-state index in [1.54, 1.807) is 0 Å². The first-order valence-electron chi connectivity index (χ1n) is 6.06. The molecule has 90 valence electrons. The highest BCUT2D eigenvalue weighted by Gasteiger charge is 2.14. The third-order valence-corrected chi connectivity index (χ3v) is 4.14. The van der Waals surface area contributed by atoms with Gasteiger partial charge in [-0.3, -0.25) is 0 Å². The van der Waals surface area contributed by atoms with Gasteiger partial charge in [-0.2, -0.15) is 0 Å². The molecule has 2 unspecified atom stereocenters. The van der Waals surface area contributed by atoms with Crippen LogP contribution in [0.1, 0.15) is 50.3 Å². The number of hydrogen-bond donors (Lipinski definition) is 1. The summed E-state index contributed by atoms with van der Waals surface area (Å²) in [5, 5.41) is 0. The van der Waals surface area contributed by atoms with E-state index >= 15 is 0 Å². The van der Waals surface area contributed by atoms with E-state index in [9.17, 15) is 0 Å². The summed E-state index contributed by atoms with van der Waals surface area (Å²) in [5.41, 5.74) is 8.77. The maximum absolute atomic E-state index is 6.27. The molecule has 0 fully saturated rings. The van der Waals surface area contributed by atoms with Crippen molar-refractivity contribution in [2.24, 2.45) is 11.7 Å². The number of nitrogens with two attached hydrogens (primary N) is 1. The summed E-state index contributed by atoms with van der Waals surface area (Å²) >= 11 is 3.63. The van der Waals surface area contributed by atoms with E-state index in [1.165, 1.54) is 28.4 Å². The molecule has 0 aromatic heterocycles. The minimum Gasteiger partial charge on any atom is -0.324 e. The zero-order chi connectivity index (χ0) is 12.1. The Balaban J connectivity index is 2.72. The van der Waals surface area contributed by atoms with Crippen molar-refractivity contribution in [1.82, 2.24) is 0 Å². The predicted octanol–water partition coefficient (Wildman–Crippen LogP) is 4.58. The third-order valence-electron chi connectivity index (χ3n) is 3.06. The van der Waals surface area contributed by atoms with Gasteiger partial charge in [-0.05, 0) is 30.4 Å². The quantitative estimate of drug-likeness (QED) is 0.841. The Bertz CT molecular complexity index is 336. The number of aryl methyl sites for hydroxylation is 1. The van der Waals surface area contributed by atoms with Gasteiger partial charge in [-0.15, -0.1) is 0 Å². The lowest BCUT2D eigenvalue weighted by Gasteiger charge is -2.19. The molecule has 0 radical (unpaired) electrons. The molecule has 0 aliphatic rings. The second kappa shape index (κ2) is 6.41. The topological polar surface area (TPSA) is 26.0 Å². The Morgan fingerprint density at radius 3 is 2.69 bits per heavy atom. The zero-order valence-corrected chi connectivity index (χ0v) is 12.0. The van der Waals surface area contributed by atoms with Gasteiger partial charge in [-0.25, -0.2) is 0 Å². The van der Waals surface area contributed by atoms with Crippen LogP contribution in [0, 0.1) is 12.8 Å². The summed E-state index contributed by atoms with van der Waals surface area (Å²) < 4.78 is 1.17. The van der Waals surface area contributed by atoms with Crippen molar-refractivity contribution in [3.63, 3.8) is 0 Å².